The van der Waals surface area contributed by atoms with Crippen molar-refractivity contribution in [3.05, 3.63) is 44.3 Å². The fraction of sp³-hybridized carbons (Fsp3) is 0.444. The maximum atomic E-state index is 11.9. The van der Waals surface area contributed by atoms with Crippen LogP contribution in [0.3, 0.4) is 0 Å². The highest BCUT2D eigenvalue weighted by molar-refractivity contribution is 7.12. The summed E-state index contributed by atoms with van der Waals surface area (Å²) in [7, 11) is 0. The summed E-state index contributed by atoms with van der Waals surface area (Å²) in [4.78, 5) is 27.7. The molecule has 9 heteroatoms. The van der Waals surface area contributed by atoms with Crippen LogP contribution in [0.25, 0.3) is 0 Å². The molecule has 1 saturated heterocycles. The second-order valence-corrected chi connectivity index (χ2v) is 8.14. The van der Waals surface area contributed by atoms with Crippen LogP contribution in [-0.4, -0.2) is 61.2 Å². The minimum Gasteiger partial charge on any atom is -0.383 e. The van der Waals surface area contributed by atoms with Gasteiger partial charge in [0.15, 0.2) is 0 Å². The van der Waals surface area contributed by atoms with Crippen molar-refractivity contribution >= 4 is 34.5 Å². The minimum absolute atomic E-state index is 0.261. The van der Waals surface area contributed by atoms with Crippen LogP contribution in [0.5, 0.6) is 0 Å². The lowest BCUT2D eigenvalue weighted by atomic mass is 10.2. The Bertz CT molecular complexity index is 742. The van der Waals surface area contributed by atoms with Crippen LogP contribution in [0.1, 0.15) is 21.4 Å². The Labute approximate surface area is 166 Å². The molecule has 1 aliphatic heterocycles. The predicted octanol–water partition coefficient (Wildman–Crippen LogP) is 0.956. The number of morpholine rings is 1. The quantitative estimate of drug-likeness (QED) is 0.593. The second-order valence-electron chi connectivity index (χ2n) is 6.16. The molecule has 2 aromatic heterocycles. The number of nitrogens with zero attached hydrogens (tertiary/aromatic N) is 1. The van der Waals surface area contributed by atoms with Gasteiger partial charge in [0.25, 0.3) is 0 Å². The first-order chi connectivity index (χ1) is 13.1. The fourth-order valence-corrected chi connectivity index (χ4v) is 4.36. The van der Waals surface area contributed by atoms with E-state index in [1.54, 1.807) is 0 Å². The van der Waals surface area contributed by atoms with Crippen LogP contribution in [-0.2, 0) is 20.9 Å². The van der Waals surface area contributed by atoms with E-state index in [0.29, 0.717) is 26.3 Å². The Kier molecular flexibility index (Phi) is 7.36. The normalized spacial score (nSPS) is 16.0. The molecule has 3 heterocycles. The molecule has 0 aromatic carbocycles. The van der Waals surface area contributed by atoms with Gasteiger partial charge in [0.1, 0.15) is 6.10 Å². The third-order valence-corrected chi connectivity index (χ3v) is 6.10. The van der Waals surface area contributed by atoms with Crippen molar-refractivity contribution < 1.29 is 19.4 Å². The summed E-state index contributed by atoms with van der Waals surface area (Å²) in [6.45, 7) is 4.51. The molecule has 0 aliphatic carbocycles. The van der Waals surface area contributed by atoms with Crippen molar-refractivity contribution in [2.24, 2.45) is 0 Å². The lowest BCUT2D eigenvalue weighted by molar-refractivity contribution is -0.139. The SMILES string of the molecule is O=C(NCCN1CCOCC1)C(=O)NCc1ccc(C(O)c2ccsc2)s1. The molecule has 2 amide bonds. The molecule has 2 aromatic rings. The van der Waals surface area contributed by atoms with E-state index >= 15 is 0 Å². The van der Waals surface area contributed by atoms with E-state index in [9.17, 15) is 14.7 Å². The third kappa shape index (κ3) is 5.85. The molecular formula is C18H23N3O4S2. The van der Waals surface area contributed by atoms with Gasteiger partial charge in [-0.05, 0) is 34.5 Å². The highest BCUT2D eigenvalue weighted by Gasteiger charge is 2.16. The number of ether oxygens (including phenoxy) is 1. The van der Waals surface area contributed by atoms with Crippen molar-refractivity contribution in [3.63, 3.8) is 0 Å². The van der Waals surface area contributed by atoms with Gasteiger partial charge in [-0.25, -0.2) is 0 Å². The number of hydrogen-bond donors (Lipinski definition) is 3. The van der Waals surface area contributed by atoms with E-state index in [4.69, 9.17) is 4.74 Å². The van der Waals surface area contributed by atoms with Crippen molar-refractivity contribution in [2.45, 2.75) is 12.6 Å². The first kappa shape index (κ1) is 20.0. The van der Waals surface area contributed by atoms with Gasteiger partial charge in [0.2, 0.25) is 0 Å². The molecule has 1 fully saturated rings. The largest absolute Gasteiger partial charge is 0.383 e. The lowest BCUT2D eigenvalue weighted by Gasteiger charge is -2.26. The highest BCUT2D eigenvalue weighted by Crippen LogP contribution is 2.29. The molecule has 3 N–H and O–H groups in total. The number of rotatable bonds is 7. The smallest absolute Gasteiger partial charge is 0.309 e. The monoisotopic (exact) mass is 409 g/mol. The molecule has 0 radical (unpaired) electrons. The van der Waals surface area contributed by atoms with Gasteiger partial charge in [-0.15, -0.1) is 11.3 Å². The number of carbonyl (C=O) groups is 2. The molecule has 1 atom stereocenters. The standard InChI is InChI=1S/C18H23N3O4S2/c22-16(13-3-10-26-12-13)15-2-1-14(27-15)11-20-18(24)17(23)19-4-5-21-6-8-25-9-7-21/h1-3,10,12,16,22H,4-9,11H2,(H,19,23)(H,20,24). The first-order valence-electron chi connectivity index (χ1n) is 8.78. The number of thiophene rings is 2. The Hall–Kier alpha value is -1.78. The summed E-state index contributed by atoms with van der Waals surface area (Å²) in [5.74, 6) is -1.27. The molecule has 0 bridgehead atoms. The zero-order chi connectivity index (χ0) is 19.1. The van der Waals surface area contributed by atoms with Crippen molar-refractivity contribution in [1.29, 1.82) is 0 Å². The zero-order valence-corrected chi connectivity index (χ0v) is 16.5. The average Bonchev–Trinajstić information content (AvgIpc) is 3.38. The van der Waals surface area contributed by atoms with Gasteiger partial charge in [-0.2, -0.15) is 11.3 Å². The molecule has 0 spiro atoms. The topological polar surface area (TPSA) is 90.9 Å². The highest BCUT2D eigenvalue weighted by atomic mass is 32.1. The van der Waals surface area contributed by atoms with Crippen LogP contribution < -0.4 is 10.6 Å². The molecule has 0 saturated carbocycles. The summed E-state index contributed by atoms with van der Waals surface area (Å²) < 4.78 is 5.27. The van der Waals surface area contributed by atoms with Crippen LogP contribution in [0.2, 0.25) is 0 Å². The maximum Gasteiger partial charge on any atom is 0.309 e. The number of aliphatic hydroxyl groups is 1. The summed E-state index contributed by atoms with van der Waals surface area (Å²) in [5, 5.41) is 19.4. The average molecular weight is 410 g/mol. The van der Waals surface area contributed by atoms with E-state index in [-0.39, 0.29) is 6.54 Å². The van der Waals surface area contributed by atoms with E-state index in [1.165, 1.54) is 22.7 Å². The van der Waals surface area contributed by atoms with Gasteiger partial charge in [-0.3, -0.25) is 14.5 Å². The lowest BCUT2D eigenvalue weighted by Crippen LogP contribution is -2.44. The Morgan fingerprint density at radius 3 is 2.70 bits per heavy atom. The van der Waals surface area contributed by atoms with Crippen LogP contribution >= 0.6 is 22.7 Å². The Balaban J connectivity index is 1.39. The van der Waals surface area contributed by atoms with Crippen molar-refractivity contribution in [2.75, 3.05) is 39.4 Å². The van der Waals surface area contributed by atoms with E-state index in [2.05, 4.69) is 15.5 Å². The fourth-order valence-electron chi connectivity index (χ4n) is 2.71. The molecule has 7 nitrogen and oxygen atoms in total. The van der Waals surface area contributed by atoms with E-state index in [1.807, 2.05) is 29.0 Å². The number of hydrogen-bond acceptors (Lipinski definition) is 7. The number of nitrogens with one attached hydrogen (secondary N) is 2. The summed E-state index contributed by atoms with van der Waals surface area (Å²) >= 11 is 2.96. The summed E-state index contributed by atoms with van der Waals surface area (Å²) in [5.41, 5.74) is 0.858. The second kappa shape index (κ2) is 9.95. The van der Waals surface area contributed by atoms with Crippen molar-refractivity contribution in [1.82, 2.24) is 15.5 Å². The summed E-state index contributed by atoms with van der Waals surface area (Å²) in [6, 6.07) is 5.58. The van der Waals surface area contributed by atoms with Crippen LogP contribution in [0, 0.1) is 0 Å². The molecule has 1 unspecified atom stereocenters. The van der Waals surface area contributed by atoms with Crippen LogP contribution in [0.4, 0.5) is 0 Å². The Morgan fingerprint density at radius 2 is 1.96 bits per heavy atom. The van der Waals surface area contributed by atoms with E-state index in [0.717, 1.165) is 28.4 Å². The molecule has 146 valence electrons. The van der Waals surface area contributed by atoms with Gasteiger partial charge < -0.3 is 20.5 Å². The number of aliphatic hydroxyl groups excluding tert-OH is 1. The van der Waals surface area contributed by atoms with Gasteiger partial charge in [-0.1, -0.05) is 0 Å². The van der Waals surface area contributed by atoms with Crippen molar-refractivity contribution in [3.8, 4) is 0 Å². The zero-order valence-electron chi connectivity index (χ0n) is 14.8. The molecule has 3 rings (SSSR count). The molecule has 1 aliphatic rings. The number of carbonyl (C=O) groups excluding carboxylic acids is 2. The van der Waals surface area contributed by atoms with E-state index < -0.39 is 17.9 Å². The predicted molar refractivity (Wildman–Crippen MR) is 105 cm³/mol. The molecule has 27 heavy (non-hydrogen) atoms. The number of amides is 2. The van der Waals surface area contributed by atoms with Gasteiger partial charge >= 0.3 is 11.8 Å². The first-order valence-corrected chi connectivity index (χ1v) is 10.5. The Morgan fingerprint density at radius 1 is 1.19 bits per heavy atom. The molecular weight excluding hydrogens is 386 g/mol. The third-order valence-electron chi connectivity index (χ3n) is 4.26. The van der Waals surface area contributed by atoms with Crippen LogP contribution in [0.15, 0.2) is 29.0 Å². The maximum absolute atomic E-state index is 11.9. The van der Waals surface area contributed by atoms with Gasteiger partial charge in [0, 0.05) is 35.9 Å². The summed E-state index contributed by atoms with van der Waals surface area (Å²) in [6.07, 6.45) is -0.658. The minimum atomic E-state index is -0.658. The van der Waals surface area contributed by atoms with Gasteiger partial charge in [0.05, 0.1) is 19.8 Å².